The van der Waals surface area contributed by atoms with E-state index >= 15 is 0 Å². The quantitative estimate of drug-likeness (QED) is 0.401. The van der Waals surface area contributed by atoms with Gasteiger partial charge in [-0.25, -0.2) is 0 Å². The van der Waals surface area contributed by atoms with Crippen molar-refractivity contribution in [3.63, 3.8) is 0 Å². The van der Waals surface area contributed by atoms with Crippen LogP contribution in [0.15, 0.2) is 48.5 Å². The molecule has 0 amide bonds. The van der Waals surface area contributed by atoms with E-state index in [4.69, 9.17) is 0 Å². The molecular weight excluding hydrogens is 230 g/mol. The van der Waals surface area contributed by atoms with Gasteiger partial charge >= 0.3 is 5.69 Å². The van der Waals surface area contributed by atoms with Gasteiger partial charge in [0.15, 0.2) is 0 Å². The van der Waals surface area contributed by atoms with Crippen LogP contribution in [0.4, 0.5) is 5.69 Å². The van der Waals surface area contributed by atoms with E-state index in [1.54, 1.807) is 24.3 Å². The summed E-state index contributed by atoms with van der Waals surface area (Å²) in [5, 5.41) is 23.8. The van der Waals surface area contributed by atoms with E-state index in [-0.39, 0.29) is 11.4 Å². The highest BCUT2D eigenvalue weighted by molar-refractivity contribution is 6.14. The molecular formula is C14H9NO3. The minimum Gasteiger partial charge on any atom is -0.502 e. The second-order valence-corrected chi connectivity index (χ2v) is 4.05. The van der Waals surface area contributed by atoms with Crippen LogP contribution in [0.3, 0.4) is 0 Å². The first kappa shape index (κ1) is 10.5. The monoisotopic (exact) mass is 239 g/mol. The zero-order chi connectivity index (χ0) is 12.7. The number of hydrogen-bond acceptors (Lipinski definition) is 3. The summed E-state index contributed by atoms with van der Waals surface area (Å²) >= 11 is 0. The molecule has 18 heavy (non-hydrogen) atoms. The number of benzene rings is 3. The average Bonchev–Trinajstić information content (AvgIpc) is 2.39. The molecule has 0 aliphatic heterocycles. The highest BCUT2D eigenvalue weighted by atomic mass is 16.6. The number of phenolic OH excluding ortho intramolecular Hbond substituents is 1. The summed E-state index contributed by atoms with van der Waals surface area (Å²) < 4.78 is 0. The number of rotatable bonds is 1. The molecule has 3 aromatic rings. The van der Waals surface area contributed by atoms with E-state index in [1.807, 2.05) is 24.3 Å². The summed E-state index contributed by atoms with van der Waals surface area (Å²) in [6, 6.07) is 14.2. The van der Waals surface area contributed by atoms with Crippen molar-refractivity contribution in [2.75, 3.05) is 0 Å². The smallest absolute Gasteiger partial charge is 0.319 e. The van der Waals surface area contributed by atoms with Gasteiger partial charge in [0, 0.05) is 5.39 Å². The normalized spacial score (nSPS) is 10.9. The van der Waals surface area contributed by atoms with Crippen molar-refractivity contribution in [3.8, 4) is 5.75 Å². The Morgan fingerprint density at radius 2 is 1.28 bits per heavy atom. The third-order valence-corrected chi connectivity index (χ3v) is 3.06. The molecule has 0 radical (unpaired) electrons. The van der Waals surface area contributed by atoms with E-state index in [0.717, 1.165) is 10.8 Å². The van der Waals surface area contributed by atoms with E-state index in [9.17, 15) is 15.2 Å². The molecule has 0 saturated carbocycles. The Morgan fingerprint density at radius 3 is 1.83 bits per heavy atom. The number of nitrogens with zero attached hydrogens (tertiary/aromatic N) is 1. The summed E-state index contributed by atoms with van der Waals surface area (Å²) in [7, 11) is 0. The third-order valence-electron chi connectivity index (χ3n) is 3.06. The second-order valence-electron chi connectivity index (χ2n) is 4.05. The fraction of sp³-hybridized carbons (Fsp3) is 0. The lowest BCUT2D eigenvalue weighted by Gasteiger charge is -2.07. The van der Waals surface area contributed by atoms with Crippen LogP contribution >= 0.6 is 0 Å². The summed E-state index contributed by atoms with van der Waals surface area (Å²) in [4.78, 5) is 10.6. The van der Waals surface area contributed by atoms with Gasteiger partial charge < -0.3 is 5.11 Å². The van der Waals surface area contributed by atoms with Crippen LogP contribution in [0.2, 0.25) is 0 Å². The topological polar surface area (TPSA) is 63.4 Å². The number of nitro benzene ring substituents is 1. The maximum atomic E-state index is 11.1. The molecule has 4 nitrogen and oxygen atoms in total. The molecule has 3 rings (SSSR count). The standard InChI is InChI=1S/C14H9NO3/c16-14-12-8-4-2-6-10(12)9-5-1-3-7-11(9)13(14)15(17)18/h1-8,16H. The molecule has 0 aliphatic rings. The van der Waals surface area contributed by atoms with Gasteiger partial charge in [0.1, 0.15) is 0 Å². The van der Waals surface area contributed by atoms with Crippen molar-refractivity contribution < 1.29 is 10.0 Å². The van der Waals surface area contributed by atoms with Gasteiger partial charge in [-0.2, -0.15) is 0 Å². The molecule has 0 atom stereocenters. The van der Waals surface area contributed by atoms with Crippen molar-refractivity contribution in [1.82, 2.24) is 0 Å². The van der Waals surface area contributed by atoms with Crippen LogP contribution in [0.5, 0.6) is 5.75 Å². The average molecular weight is 239 g/mol. The summed E-state index contributed by atoms with van der Waals surface area (Å²) in [6.07, 6.45) is 0. The minimum absolute atomic E-state index is 0.232. The van der Waals surface area contributed by atoms with Crippen LogP contribution < -0.4 is 0 Å². The van der Waals surface area contributed by atoms with Crippen LogP contribution in [-0.4, -0.2) is 10.0 Å². The number of fused-ring (bicyclic) bond motifs is 3. The summed E-state index contributed by atoms with van der Waals surface area (Å²) in [5.41, 5.74) is -0.232. The van der Waals surface area contributed by atoms with Crippen LogP contribution in [0.1, 0.15) is 0 Å². The lowest BCUT2D eigenvalue weighted by molar-refractivity contribution is -0.383. The largest absolute Gasteiger partial charge is 0.502 e. The Labute approximate surface area is 102 Å². The maximum Gasteiger partial charge on any atom is 0.319 e. The second kappa shape index (κ2) is 3.70. The molecule has 0 unspecified atom stereocenters. The lowest BCUT2D eigenvalue weighted by atomic mass is 9.99. The predicted octanol–water partition coefficient (Wildman–Crippen LogP) is 3.61. The fourth-order valence-corrected chi connectivity index (χ4v) is 2.29. The van der Waals surface area contributed by atoms with Crippen molar-refractivity contribution in [1.29, 1.82) is 0 Å². The van der Waals surface area contributed by atoms with E-state index < -0.39 is 4.92 Å². The number of nitro groups is 1. The fourth-order valence-electron chi connectivity index (χ4n) is 2.29. The van der Waals surface area contributed by atoms with Gasteiger partial charge in [-0.15, -0.1) is 0 Å². The predicted molar refractivity (Wildman–Crippen MR) is 69.8 cm³/mol. The highest BCUT2D eigenvalue weighted by Gasteiger charge is 2.21. The molecule has 88 valence electrons. The molecule has 4 heteroatoms. The Hall–Kier alpha value is -2.62. The van der Waals surface area contributed by atoms with Crippen LogP contribution in [-0.2, 0) is 0 Å². The van der Waals surface area contributed by atoms with Crippen molar-refractivity contribution >= 4 is 27.2 Å². The number of hydrogen-bond donors (Lipinski definition) is 1. The molecule has 1 N–H and O–H groups in total. The molecule has 0 fully saturated rings. The SMILES string of the molecule is O=[N+]([O-])c1c(O)c2ccccc2c2ccccc12. The zero-order valence-electron chi connectivity index (χ0n) is 9.33. The van der Waals surface area contributed by atoms with Crippen molar-refractivity contribution in [3.05, 3.63) is 58.6 Å². The first-order chi connectivity index (χ1) is 8.70. The van der Waals surface area contributed by atoms with Gasteiger partial charge in [-0.05, 0) is 16.8 Å². The van der Waals surface area contributed by atoms with Gasteiger partial charge in [0.05, 0.1) is 10.3 Å². The number of phenols is 1. The molecule has 0 heterocycles. The molecule has 0 saturated heterocycles. The lowest BCUT2D eigenvalue weighted by Crippen LogP contribution is -1.92. The summed E-state index contributed by atoms with van der Waals surface area (Å²) in [5.74, 6) is -0.269. The van der Waals surface area contributed by atoms with Gasteiger partial charge in [-0.3, -0.25) is 10.1 Å². The van der Waals surface area contributed by atoms with Gasteiger partial charge in [0.25, 0.3) is 0 Å². The van der Waals surface area contributed by atoms with E-state index in [2.05, 4.69) is 0 Å². The maximum absolute atomic E-state index is 11.1. The first-order valence-electron chi connectivity index (χ1n) is 5.47. The van der Waals surface area contributed by atoms with Crippen molar-refractivity contribution in [2.45, 2.75) is 0 Å². The Morgan fingerprint density at radius 1 is 0.833 bits per heavy atom. The first-order valence-corrected chi connectivity index (χ1v) is 5.47. The van der Waals surface area contributed by atoms with Gasteiger partial charge in [-0.1, -0.05) is 42.5 Å². The van der Waals surface area contributed by atoms with E-state index in [1.165, 1.54) is 0 Å². The minimum atomic E-state index is -0.538. The Bertz CT molecular complexity index is 780. The molecule has 0 aliphatic carbocycles. The van der Waals surface area contributed by atoms with Crippen molar-refractivity contribution in [2.24, 2.45) is 0 Å². The summed E-state index contributed by atoms with van der Waals surface area (Å²) in [6.45, 7) is 0. The molecule has 0 bridgehead atoms. The van der Waals surface area contributed by atoms with Crippen LogP contribution in [0, 0.1) is 10.1 Å². The Balaban J connectivity index is 2.66. The molecule has 0 aromatic heterocycles. The number of aromatic hydroxyl groups is 1. The zero-order valence-corrected chi connectivity index (χ0v) is 9.33. The molecule has 3 aromatic carbocycles. The Kier molecular flexibility index (Phi) is 2.16. The highest BCUT2D eigenvalue weighted by Crippen LogP contribution is 2.41. The van der Waals surface area contributed by atoms with Gasteiger partial charge in [0.2, 0.25) is 5.75 Å². The molecule has 0 spiro atoms. The third kappa shape index (κ3) is 1.32. The van der Waals surface area contributed by atoms with E-state index in [0.29, 0.717) is 10.8 Å². The van der Waals surface area contributed by atoms with Crippen LogP contribution in [0.25, 0.3) is 21.5 Å².